The van der Waals surface area contributed by atoms with Crippen molar-refractivity contribution in [3.05, 3.63) is 22.7 Å². The SMILES string of the molecule is COc1cc(Br)cc(S(=O)(=O)N2CCOC(C(=O)O)C2)c1. The third kappa shape index (κ3) is 3.54. The lowest BCUT2D eigenvalue weighted by molar-refractivity contribution is -0.153. The first-order chi connectivity index (χ1) is 9.84. The van der Waals surface area contributed by atoms with Gasteiger partial charge < -0.3 is 14.6 Å². The largest absolute Gasteiger partial charge is 0.497 e. The predicted molar refractivity (Wildman–Crippen MR) is 76.8 cm³/mol. The first-order valence-electron chi connectivity index (χ1n) is 6.03. The van der Waals surface area contributed by atoms with Crippen molar-refractivity contribution in [3.63, 3.8) is 0 Å². The maximum Gasteiger partial charge on any atom is 0.334 e. The third-order valence-electron chi connectivity index (χ3n) is 3.02. The van der Waals surface area contributed by atoms with E-state index in [1.54, 1.807) is 6.07 Å². The standard InChI is InChI=1S/C12H14BrNO6S/c1-19-9-4-8(13)5-10(6-9)21(17,18)14-2-3-20-11(7-14)12(15)16/h4-6,11H,2-3,7H2,1H3,(H,15,16). The van der Waals surface area contributed by atoms with Gasteiger partial charge in [0.1, 0.15) is 5.75 Å². The molecule has 1 aromatic carbocycles. The quantitative estimate of drug-likeness (QED) is 0.836. The fraction of sp³-hybridized carbons (Fsp3) is 0.417. The monoisotopic (exact) mass is 379 g/mol. The summed E-state index contributed by atoms with van der Waals surface area (Å²) >= 11 is 3.22. The molecule has 1 aliphatic rings. The third-order valence-corrected chi connectivity index (χ3v) is 5.32. The van der Waals surface area contributed by atoms with E-state index in [0.717, 1.165) is 4.31 Å². The molecule has 0 aliphatic carbocycles. The molecule has 1 atom stereocenters. The minimum absolute atomic E-state index is 0.0414. The van der Waals surface area contributed by atoms with Gasteiger partial charge in [0.2, 0.25) is 10.0 Å². The molecule has 116 valence electrons. The highest BCUT2D eigenvalue weighted by Gasteiger charge is 2.34. The van der Waals surface area contributed by atoms with Crippen molar-refractivity contribution in [2.75, 3.05) is 26.8 Å². The smallest absolute Gasteiger partial charge is 0.334 e. The number of aliphatic carboxylic acids is 1. The average molecular weight is 380 g/mol. The zero-order valence-electron chi connectivity index (χ0n) is 11.2. The van der Waals surface area contributed by atoms with Crippen LogP contribution in [-0.4, -0.2) is 56.7 Å². The molecule has 1 unspecified atom stereocenters. The Morgan fingerprint density at radius 3 is 2.81 bits per heavy atom. The molecule has 1 fully saturated rings. The number of sulfonamides is 1. The fourth-order valence-corrected chi connectivity index (χ4v) is 4.06. The Morgan fingerprint density at radius 1 is 1.48 bits per heavy atom. The summed E-state index contributed by atoms with van der Waals surface area (Å²) in [5.41, 5.74) is 0. The van der Waals surface area contributed by atoms with Gasteiger partial charge >= 0.3 is 5.97 Å². The average Bonchev–Trinajstić information content (AvgIpc) is 2.46. The molecule has 1 aromatic rings. The molecule has 2 rings (SSSR count). The molecule has 0 saturated carbocycles. The number of hydrogen-bond acceptors (Lipinski definition) is 5. The lowest BCUT2D eigenvalue weighted by atomic mass is 10.3. The lowest BCUT2D eigenvalue weighted by Gasteiger charge is -2.30. The first kappa shape index (κ1) is 16.2. The van der Waals surface area contributed by atoms with Gasteiger partial charge in [0.15, 0.2) is 6.10 Å². The number of carboxylic acid groups (broad SMARTS) is 1. The first-order valence-corrected chi connectivity index (χ1v) is 8.27. The summed E-state index contributed by atoms with van der Waals surface area (Å²) in [6.45, 7) is -0.0607. The van der Waals surface area contributed by atoms with Crippen LogP contribution in [0.5, 0.6) is 5.75 Å². The molecule has 1 saturated heterocycles. The molecule has 0 radical (unpaired) electrons. The van der Waals surface area contributed by atoms with Crippen molar-refractivity contribution in [3.8, 4) is 5.75 Å². The number of benzene rings is 1. The minimum Gasteiger partial charge on any atom is -0.497 e. The molecule has 0 spiro atoms. The highest BCUT2D eigenvalue weighted by Crippen LogP contribution is 2.27. The molecule has 0 bridgehead atoms. The van der Waals surface area contributed by atoms with Crippen molar-refractivity contribution in [2.24, 2.45) is 0 Å². The topological polar surface area (TPSA) is 93.1 Å². The Hall–Kier alpha value is -1.16. The van der Waals surface area contributed by atoms with E-state index in [4.69, 9.17) is 14.6 Å². The second kappa shape index (κ2) is 6.30. The predicted octanol–water partition coefficient (Wildman–Crippen LogP) is 0.932. The normalized spacial score (nSPS) is 20.2. The minimum atomic E-state index is -3.80. The summed E-state index contributed by atoms with van der Waals surface area (Å²) in [6, 6.07) is 4.48. The fourth-order valence-electron chi connectivity index (χ4n) is 1.95. The van der Waals surface area contributed by atoms with E-state index in [1.165, 1.54) is 19.2 Å². The van der Waals surface area contributed by atoms with Gasteiger partial charge in [-0.05, 0) is 12.1 Å². The molecule has 7 nitrogen and oxygen atoms in total. The number of rotatable bonds is 4. The highest BCUT2D eigenvalue weighted by atomic mass is 79.9. The molecular weight excluding hydrogens is 366 g/mol. The number of hydrogen-bond donors (Lipinski definition) is 1. The van der Waals surface area contributed by atoms with Crippen LogP contribution in [0.4, 0.5) is 0 Å². The van der Waals surface area contributed by atoms with E-state index >= 15 is 0 Å². The Bertz CT molecular complexity index is 647. The molecule has 0 amide bonds. The zero-order valence-corrected chi connectivity index (χ0v) is 13.6. The van der Waals surface area contributed by atoms with Crippen LogP contribution in [0.25, 0.3) is 0 Å². The number of halogens is 1. The Kier molecular flexibility index (Phi) is 4.87. The van der Waals surface area contributed by atoms with Crippen LogP contribution in [0.1, 0.15) is 0 Å². The number of methoxy groups -OCH3 is 1. The van der Waals surface area contributed by atoms with E-state index in [9.17, 15) is 13.2 Å². The number of carboxylic acids is 1. The maximum absolute atomic E-state index is 12.6. The van der Waals surface area contributed by atoms with Crippen molar-refractivity contribution in [2.45, 2.75) is 11.0 Å². The summed E-state index contributed by atoms with van der Waals surface area (Å²) in [5.74, 6) is -0.785. The van der Waals surface area contributed by atoms with Crippen molar-refractivity contribution in [1.29, 1.82) is 0 Å². The van der Waals surface area contributed by atoms with Crippen LogP contribution in [0.3, 0.4) is 0 Å². The van der Waals surface area contributed by atoms with Crippen LogP contribution in [0, 0.1) is 0 Å². The van der Waals surface area contributed by atoms with Gasteiger partial charge in [-0.3, -0.25) is 0 Å². The Morgan fingerprint density at radius 2 is 2.19 bits per heavy atom. The van der Waals surface area contributed by atoms with Crippen LogP contribution in [-0.2, 0) is 19.6 Å². The van der Waals surface area contributed by atoms with Gasteiger partial charge in [-0.2, -0.15) is 4.31 Å². The second-order valence-corrected chi connectivity index (χ2v) is 7.24. The second-order valence-electron chi connectivity index (χ2n) is 4.39. The molecule has 0 aromatic heterocycles. The molecule has 1 N–H and O–H groups in total. The van der Waals surface area contributed by atoms with Crippen molar-refractivity contribution in [1.82, 2.24) is 4.31 Å². The van der Waals surface area contributed by atoms with Crippen LogP contribution in [0.2, 0.25) is 0 Å². The summed E-state index contributed by atoms with van der Waals surface area (Å²) in [6.07, 6.45) is -1.15. The van der Waals surface area contributed by atoms with Gasteiger partial charge in [-0.25, -0.2) is 13.2 Å². The highest BCUT2D eigenvalue weighted by molar-refractivity contribution is 9.10. The van der Waals surface area contributed by atoms with Gasteiger partial charge in [0, 0.05) is 17.1 Å². The molecule has 9 heteroatoms. The summed E-state index contributed by atoms with van der Waals surface area (Å²) in [7, 11) is -2.37. The van der Waals surface area contributed by atoms with Gasteiger partial charge in [0.25, 0.3) is 0 Å². The van der Waals surface area contributed by atoms with Crippen LogP contribution in [0.15, 0.2) is 27.6 Å². The van der Waals surface area contributed by atoms with Crippen molar-refractivity contribution < 1.29 is 27.8 Å². The number of ether oxygens (including phenoxy) is 2. The molecular formula is C12H14BrNO6S. The lowest BCUT2D eigenvalue weighted by Crippen LogP contribution is -2.48. The van der Waals surface area contributed by atoms with Gasteiger partial charge in [-0.1, -0.05) is 15.9 Å². The van der Waals surface area contributed by atoms with E-state index in [1.807, 2.05) is 0 Å². The summed E-state index contributed by atoms with van der Waals surface area (Å²) < 4.78 is 36.9. The van der Waals surface area contributed by atoms with Gasteiger partial charge in [-0.15, -0.1) is 0 Å². The molecule has 1 heterocycles. The number of morpholine rings is 1. The Labute approximate surface area is 130 Å². The van der Waals surface area contributed by atoms with Gasteiger partial charge in [0.05, 0.1) is 25.2 Å². The van der Waals surface area contributed by atoms with Crippen LogP contribution < -0.4 is 4.74 Å². The number of nitrogens with zero attached hydrogens (tertiary/aromatic N) is 1. The van der Waals surface area contributed by atoms with E-state index in [2.05, 4.69) is 15.9 Å². The summed E-state index contributed by atoms with van der Waals surface area (Å²) in [4.78, 5) is 11.0. The molecule has 21 heavy (non-hydrogen) atoms. The zero-order chi connectivity index (χ0) is 15.6. The number of carbonyl (C=O) groups is 1. The summed E-state index contributed by atoms with van der Waals surface area (Å²) in [5, 5.41) is 8.94. The maximum atomic E-state index is 12.6. The van der Waals surface area contributed by atoms with E-state index in [0.29, 0.717) is 10.2 Å². The van der Waals surface area contributed by atoms with E-state index < -0.39 is 22.1 Å². The van der Waals surface area contributed by atoms with Crippen LogP contribution >= 0.6 is 15.9 Å². The van der Waals surface area contributed by atoms with Crippen molar-refractivity contribution >= 4 is 31.9 Å². The van der Waals surface area contributed by atoms with E-state index in [-0.39, 0.29) is 24.6 Å². The Balaban J connectivity index is 2.33. The molecule has 1 aliphatic heterocycles.